The summed E-state index contributed by atoms with van der Waals surface area (Å²) >= 11 is 0. The molecule has 0 saturated heterocycles. The zero-order valence-electron chi connectivity index (χ0n) is 12.2. The molecule has 0 aromatic heterocycles. The lowest BCUT2D eigenvalue weighted by Gasteiger charge is -2.28. The Kier molecular flexibility index (Phi) is 5.93. The van der Waals surface area contributed by atoms with Crippen LogP contribution in [0.15, 0.2) is 0 Å². The third kappa shape index (κ3) is 6.24. The van der Waals surface area contributed by atoms with Crippen molar-refractivity contribution >= 4 is 6.09 Å². The SMILES string of the molecule is CCC(CNC(=O)OC(C)(C)C)NCC1CCC1. The van der Waals surface area contributed by atoms with Crippen molar-refractivity contribution in [3.8, 4) is 0 Å². The zero-order chi connectivity index (χ0) is 13.6. The molecule has 0 bridgehead atoms. The van der Waals surface area contributed by atoms with Crippen molar-refractivity contribution in [1.29, 1.82) is 0 Å². The van der Waals surface area contributed by atoms with Crippen LogP contribution < -0.4 is 10.6 Å². The number of rotatable bonds is 6. The maximum absolute atomic E-state index is 11.5. The Labute approximate surface area is 111 Å². The molecule has 4 nitrogen and oxygen atoms in total. The van der Waals surface area contributed by atoms with Crippen molar-refractivity contribution in [2.75, 3.05) is 13.1 Å². The van der Waals surface area contributed by atoms with E-state index in [1.54, 1.807) is 0 Å². The number of alkyl carbamates (subject to hydrolysis) is 1. The van der Waals surface area contributed by atoms with E-state index in [0.717, 1.165) is 18.9 Å². The fourth-order valence-corrected chi connectivity index (χ4v) is 1.91. The summed E-state index contributed by atoms with van der Waals surface area (Å²) in [5, 5.41) is 6.35. The number of carbonyl (C=O) groups is 1. The molecule has 0 aromatic rings. The number of nitrogens with one attached hydrogen (secondary N) is 2. The Hall–Kier alpha value is -0.770. The predicted molar refractivity (Wildman–Crippen MR) is 73.7 cm³/mol. The molecular weight excluding hydrogens is 228 g/mol. The van der Waals surface area contributed by atoms with Crippen molar-refractivity contribution < 1.29 is 9.53 Å². The molecule has 1 aliphatic rings. The summed E-state index contributed by atoms with van der Waals surface area (Å²) in [6.07, 6.45) is 4.76. The van der Waals surface area contributed by atoms with Crippen molar-refractivity contribution in [3.63, 3.8) is 0 Å². The van der Waals surface area contributed by atoms with Gasteiger partial charge in [0.1, 0.15) is 5.60 Å². The van der Waals surface area contributed by atoms with Crippen LogP contribution >= 0.6 is 0 Å². The van der Waals surface area contributed by atoms with Crippen molar-refractivity contribution in [1.82, 2.24) is 10.6 Å². The smallest absolute Gasteiger partial charge is 0.407 e. The van der Waals surface area contributed by atoms with Crippen LogP contribution in [-0.2, 0) is 4.74 Å². The average molecular weight is 256 g/mol. The van der Waals surface area contributed by atoms with E-state index in [0.29, 0.717) is 12.6 Å². The van der Waals surface area contributed by atoms with Crippen LogP contribution in [0.2, 0.25) is 0 Å². The topological polar surface area (TPSA) is 50.4 Å². The van der Waals surface area contributed by atoms with Gasteiger partial charge in [0.15, 0.2) is 0 Å². The number of hydrogen-bond acceptors (Lipinski definition) is 3. The molecule has 2 N–H and O–H groups in total. The van der Waals surface area contributed by atoms with E-state index in [4.69, 9.17) is 4.74 Å². The monoisotopic (exact) mass is 256 g/mol. The standard InChI is InChI=1S/C14H28N2O2/c1-5-12(15-9-11-7-6-8-11)10-16-13(17)18-14(2,3)4/h11-12,15H,5-10H2,1-4H3,(H,16,17). The van der Waals surface area contributed by atoms with Gasteiger partial charge in [0.25, 0.3) is 0 Å². The van der Waals surface area contributed by atoms with Crippen LogP contribution in [0.5, 0.6) is 0 Å². The summed E-state index contributed by atoms with van der Waals surface area (Å²) < 4.78 is 5.21. The molecule has 0 radical (unpaired) electrons. The Morgan fingerprint density at radius 2 is 2.06 bits per heavy atom. The highest BCUT2D eigenvalue weighted by Gasteiger charge is 2.19. The van der Waals surface area contributed by atoms with Gasteiger partial charge in [0.05, 0.1) is 0 Å². The first kappa shape index (κ1) is 15.3. The first-order chi connectivity index (χ1) is 8.40. The largest absolute Gasteiger partial charge is 0.444 e. The molecule has 1 rings (SSSR count). The van der Waals surface area contributed by atoms with Crippen LogP contribution in [-0.4, -0.2) is 30.8 Å². The first-order valence-electron chi connectivity index (χ1n) is 7.11. The molecule has 0 spiro atoms. The summed E-state index contributed by atoms with van der Waals surface area (Å²) in [5.41, 5.74) is -0.425. The van der Waals surface area contributed by atoms with E-state index < -0.39 is 5.60 Å². The van der Waals surface area contributed by atoms with Gasteiger partial charge >= 0.3 is 6.09 Å². The molecule has 1 atom stereocenters. The van der Waals surface area contributed by atoms with Crippen molar-refractivity contribution in [2.45, 2.75) is 65.0 Å². The van der Waals surface area contributed by atoms with Crippen molar-refractivity contribution in [2.24, 2.45) is 5.92 Å². The molecule has 18 heavy (non-hydrogen) atoms. The maximum Gasteiger partial charge on any atom is 0.407 e. The molecule has 1 unspecified atom stereocenters. The van der Waals surface area contributed by atoms with Gasteiger partial charge in [-0.15, -0.1) is 0 Å². The Morgan fingerprint density at radius 1 is 1.39 bits per heavy atom. The quantitative estimate of drug-likeness (QED) is 0.768. The minimum Gasteiger partial charge on any atom is -0.444 e. The molecule has 1 fully saturated rings. The highest BCUT2D eigenvalue weighted by molar-refractivity contribution is 5.67. The van der Waals surface area contributed by atoms with Crippen LogP contribution in [0.3, 0.4) is 0 Å². The summed E-state index contributed by atoms with van der Waals surface area (Å²) in [6, 6.07) is 0.345. The molecule has 1 amide bonds. The third-order valence-corrected chi connectivity index (χ3v) is 3.30. The summed E-state index contributed by atoms with van der Waals surface area (Å²) in [6.45, 7) is 9.47. The van der Waals surface area contributed by atoms with E-state index in [9.17, 15) is 4.79 Å². The van der Waals surface area contributed by atoms with E-state index in [1.165, 1.54) is 19.3 Å². The van der Waals surface area contributed by atoms with Gasteiger partial charge in [-0.05, 0) is 52.5 Å². The van der Waals surface area contributed by atoms with Crippen LogP contribution in [0, 0.1) is 5.92 Å². The lowest BCUT2D eigenvalue weighted by Crippen LogP contribution is -2.44. The predicted octanol–water partition coefficient (Wildman–Crippen LogP) is 2.68. The van der Waals surface area contributed by atoms with Gasteiger partial charge in [0, 0.05) is 12.6 Å². The molecule has 1 aliphatic carbocycles. The van der Waals surface area contributed by atoms with E-state index in [1.807, 2.05) is 20.8 Å². The van der Waals surface area contributed by atoms with E-state index in [2.05, 4.69) is 17.6 Å². The lowest BCUT2D eigenvalue weighted by atomic mass is 9.85. The number of amides is 1. The van der Waals surface area contributed by atoms with Gasteiger partial charge in [0.2, 0.25) is 0 Å². The summed E-state index contributed by atoms with van der Waals surface area (Å²) in [4.78, 5) is 11.5. The molecule has 0 heterocycles. The summed E-state index contributed by atoms with van der Waals surface area (Å²) in [7, 11) is 0. The van der Waals surface area contributed by atoms with Gasteiger partial charge in [-0.2, -0.15) is 0 Å². The second-order valence-corrected chi connectivity index (χ2v) is 6.19. The van der Waals surface area contributed by atoms with Gasteiger partial charge < -0.3 is 15.4 Å². The zero-order valence-corrected chi connectivity index (χ0v) is 12.2. The number of hydrogen-bond donors (Lipinski definition) is 2. The molecule has 0 aromatic carbocycles. The van der Waals surface area contributed by atoms with Gasteiger partial charge in [-0.1, -0.05) is 13.3 Å². The lowest BCUT2D eigenvalue weighted by molar-refractivity contribution is 0.0521. The Morgan fingerprint density at radius 3 is 2.50 bits per heavy atom. The highest BCUT2D eigenvalue weighted by atomic mass is 16.6. The van der Waals surface area contributed by atoms with E-state index in [-0.39, 0.29) is 6.09 Å². The third-order valence-electron chi connectivity index (χ3n) is 3.30. The minimum absolute atomic E-state index is 0.327. The fourth-order valence-electron chi connectivity index (χ4n) is 1.91. The maximum atomic E-state index is 11.5. The normalized spacial score (nSPS) is 18.0. The molecular formula is C14H28N2O2. The first-order valence-corrected chi connectivity index (χ1v) is 7.11. The number of carbonyl (C=O) groups excluding carboxylic acids is 1. The molecule has 106 valence electrons. The summed E-state index contributed by atoms with van der Waals surface area (Å²) in [5.74, 6) is 0.848. The molecule has 0 aliphatic heterocycles. The van der Waals surface area contributed by atoms with Gasteiger partial charge in [-0.3, -0.25) is 0 Å². The minimum atomic E-state index is -0.425. The molecule has 1 saturated carbocycles. The fraction of sp³-hybridized carbons (Fsp3) is 0.929. The van der Waals surface area contributed by atoms with Gasteiger partial charge in [-0.25, -0.2) is 4.79 Å². The van der Waals surface area contributed by atoms with E-state index >= 15 is 0 Å². The Bertz CT molecular complexity index is 257. The number of ether oxygens (including phenoxy) is 1. The van der Waals surface area contributed by atoms with Crippen molar-refractivity contribution in [3.05, 3.63) is 0 Å². The van der Waals surface area contributed by atoms with Crippen LogP contribution in [0.4, 0.5) is 4.79 Å². The second kappa shape index (κ2) is 6.98. The van der Waals surface area contributed by atoms with Crippen LogP contribution in [0.1, 0.15) is 53.4 Å². The average Bonchev–Trinajstić information content (AvgIpc) is 2.17. The second-order valence-electron chi connectivity index (χ2n) is 6.19. The Balaban J connectivity index is 2.15. The molecule has 4 heteroatoms. The van der Waals surface area contributed by atoms with Crippen LogP contribution in [0.25, 0.3) is 0 Å². The highest BCUT2D eigenvalue weighted by Crippen LogP contribution is 2.25.